The zero-order valence-electron chi connectivity index (χ0n) is 17.2. The van der Waals surface area contributed by atoms with Gasteiger partial charge >= 0.3 is 0 Å². The van der Waals surface area contributed by atoms with Crippen molar-refractivity contribution >= 4 is 16.6 Å². The predicted molar refractivity (Wildman–Crippen MR) is 117 cm³/mol. The molecule has 28 heavy (non-hydrogen) atoms. The van der Waals surface area contributed by atoms with Gasteiger partial charge in [-0.25, -0.2) is 0 Å². The largest absolute Gasteiger partial charge is 0.496 e. The molecule has 3 aromatic rings. The Balaban J connectivity index is 1.80. The molecule has 0 saturated carbocycles. The van der Waals surface area contributed by atoms with Gasteiger partial charge in [0, 0.05) is 28.4 Å². The first-order valence-electron chi connectivity index (χ1n) is 9.30. The smallest absolute Gasteiger partial charge is 0.123 e. The Morgan fingerprint density at radius 3 is 2.64 bits per heavy atom. The molecule has 3 nitrogen and oxygen atoms in total. The Morgan fingerprint density at radius 2 is 1.89 bits per heavy atom. The second-order valence-corrected chi connectivity index (χ2v) is 7.53. The molecule has 0 bridgehead atoms. The minimum Gasteiger partial charge on any atom is -0.496 e. The number of pyridine rings is 1. The summed E-state index contributed by atoms with van der Waals surface area (Å²) in [5, 5.41) is 4.53. The third-order valence-corrected chi connectivity index (χ3v) is 4.65. The number of rotatable bonds is 4. The lowest BCUT2D eigenvalue weighted by Crippen LogP contribution is -2.36. The van der Waals surface area contributed by atoms with Crippen LogP contribution >= 0.6 is 0 Å². The van der Waals surface area contributed by atoms with Crippen LogP contribution in [0.15, 0.2) is 55.2 Å². The highest BCUT2D eigenvalue weighted by Crippen LogP contribution is 2.21. The van der Waals surface area contributed by atoms with E-state index >= 15 is 0 Å². The Morgan fingerprint density at radius 1 is 1.11 bits per heavy atom. The standard InChI is InChI=1S/C25H26N2O/c1-17-10-11-20(14-23(17)28-6)12-13-25(4,5)27-19(3)22-15-21-9-7-8-18(2)24(21)26-16-22/h7-11,14-16,27H,3H2,1-2,4-6H3. The summed E-state index contributed by atoms with van der Waals surface area (Å²) >= 11 is 0. The van der Waals surface area contributed by atoms with Crippen LogP contribution in [0, 0.1) is 25.7 Å². The SMILES string of the molecule is C=C(NC(C)(C)C#Cc1ccc(C)c(OC)c1)c1cnc2c(C)cccc2c1. The van der Waals surface area contributed by atoms with Gasteiger partial charge in [0.2, 0.25) is 0 Å². The number of nitrogens with one attached hydrogen (secondary N) is 1. The van der Waals surface area contributed by atoms with Gasteiger partial charge in [-0.1, -0.05) is 42.7 Å². The molecule has 0 atom stereocenters. The van der Waals surface area contributed by atoms with Crippen LogP contribution in [-0.2, 0) is 0 Å². The van der Waals surface area contributed by atoms with Crippen molar-refractivity contribution in [2.75, 3.05) is 7.11 Å². The molecule has 3 rings (SSSR count). The number of para-hydroxylation sites is 1. The van der Waals surface area contributed by atoms with Crippen molar-refractivity contribution in [3.05, 3.63) is 77.5 Å². The first-order valence-corrected chi connectivity index (χ1v) is 9.30. The molecule has 0 aliphatic heterocycles. The second kappa shape index (κ2) is 7.78. The van der Waals surface area contributed by atoms with Crippen LogP contribution < -0.4 is 10.1 Å². The number of aromatic nitrogens is 1. The van der Waals surface area contributed by atoms with Gasteiger partial charge in [-0.3, -0.25) is 4.98 Å². The summed E-state index contributed by atoms with van der Waals surface area (Å²) < 4.78 is 5.38. The van der Waals surface area contributed by atoms with E-state index in [1.165, 1.54) is 5.56 Å². The lowest BCUT2D eigenvalue weighted by Gasteiger charge is -2.23. The first kappa shape index (κ1) is 19.5. The highest BCUT2D eigenvalue weighted by Gasteiger charge is 2.16. The van der Waals surface area contributed by atoms with E-state index < -0.39 is 5.54 Å². The van der Waals surface area contributed by atoms with Crippen molar-refractivity contribution in [3.63, 3.8) is 0 Å². The maximum Gasteiger partial charge on any atom is 0.123 e. The Bertz CT molecular complexity index is 1100. The van der Waals surface area contributed by atoms with Crippen LogP contribution in [0.1, 0.15) is 36.1 Å². The fraction of sp³-hybridized carbons (Fsp3) is 0.240. The minimum atomic E-state index is -0.448. The summed E-state index contributed by atoms with van der Waals surface area (Å²) in [7, 11) is 1.67. The van der Waals surface area contributed by atoms with E-state index in [1.807, 2.05) is 51.2 Å². The number of aryl methyl sites for hydroxylation is 2. The third kappa shape index (κ3) is 4.35. The van der Waals surface area contributed by atoms with Gasteiger partial charge in [0.05, 0.1) is 18.2 Å². The van der Waals surface area contributed by atoms with Gasteiger partial charge in [-0.15, -0.1) is 0 Å². The highest BCUT2D eigenvalue weighted by molar-refractivity contribution is 5.84. The average Bonchev–Trinajstić information content (AvgIpc) is 2.67. The van der Waals surface area contributed by atoms with Gasteiger partial charge < -0.3 is 10.1 Å². The molecule has 0 unspecified atom stereocenters. The Kier molecular flexibility index (Phi) is 5.42. The third-order valence-electron chi connectivity index (χ3n) is 4.65. The molecule has 2 aromatic carbocycles. The molecule has 0 aliphatic carbocycles. The fourth-order valence-corrected chi connectivity index (χ4v) is 3.09. The quantitative estimate of drug-likeness (QED) is 0.637. The monoisotopic (exact) mass is 370 g/mol. The van der Waals surface area contributed by atoms with Crippen molar-refractivity contribution in [2.45, 2.75) is 33.2 Å². The van der Waals surface area contributed by atoms with E-state index in [1.54, 1.807) is 7.11 Å². The average molecular weight is 370 g/mol. The van der Waals surface area contributed by atoms with Gasteiger partial charge in [0.15, 0.2) is 0 Å². The van der Waals surface area contributed by atoms with E-state index in [4.69, 9.17) is 4.74 Å². The summed E-state index contributed by atoms with van der Waals surface area (Å²) in [6.45, 7) is 12.4. The maximum atomic E-state index is 5.38. The van der Waals surface area contributed by atoms with Crippen molar-refractivity contribution in [1.29, 1.82) is 0 Å². The van der Waals surface area contributed by atoms with Crippen LogP contribution in [0.25, 0.3) is 16.6 Å². The molecule has 1 heterocycles. The zero-order valence-corrected chi connectivity index (χ0v) is 17.2. The molecule has 0 radical (unpaired) electrons. The molecule has 3 heteroatoms. The zero-order chi connectivity index (χ0) is 20.3. The molecule has 1 aromatic heterocycles. The lowest BCUT2D eigenvalue weighted by molar-refractivity contribution is 0.411. The van der Waals surface area contributed by atoms with Gasteiger partial charge in [0.1, 0.15) is 5.75 Å². The minimum absolute atomic E-state index is 0.448. The Labute approximate surface area is 167 Å². The molecule has 0 amide bonds. The summed E-state index contributed by atoms with van der Waals surface area (Å²) in [6.07, 6.45) is 1.86. The highest BCUT2D eigenvalue weighted by atomic mass is 16.5. The number of benzene rings is 2. The number of hydrogen-bond donors (Lipinski definition) is 1. The summed E-state index contributed by atoms with van der Waals surface area (Å²) in [4.78, 5) is 4.60. The topological polar surface area (TPSA) is 34.1 Å². The fourth-order valence-electron chi connectivity index (χ4n) is 3.09. The maximum absolute atomic E-state index is 5.38. The predicted octanol–water partition coefficient (Wildman–Crippen LogP) is 5.25. The van der Waals surface area contributed by atoms with Crippen LogP contribution in [0.2, 0.25) is 0 Å². The molecule has 0 fully saturated rings. The van der Waals surface area contributed by atoms with Gasteiger partial charge in [0.25, 0.3) is 0 Å². The first-order chi connectivity index (χ1) is 13.3. The second-order valence-electron chi connectivity index (χ2n) is 7.53. The molecule has 0 saturated heterocycles. The van der Waals surface area contributed by atoms with Crippen LogP contribution in [0.3, 0.4) is 0 Å². The van der Waals surface area contributed by atoms with Crippen LogP contribution in [-0.4, -0.2) is 17.6 Å². The molecule has 0 aliphatic rings. The van der Waals surface area contributed by atoms with Crippen molar-refractivity contribution in [3.8, 4) is 17.6 Å². The summed E-state index contributed by atoms with van der Waals surface area (Å²) in [5.74, 6) is 7.37. The van der Waals surface area contributed by atoms with Crippen LogP contribution in [0.5, 0.6) is 5.75 Å². The van der Waals surface area contributed by atoms with E-state index in [9.17, 15) is 0 Å². The van der Waals surface area contributed by atoms with Gasteiger partial charge in [-0.05, 0) is 57.0 Å². The summed E-state index contributed by atoms with van der Waals surface area (Å²) in [6, 6.07) is 14.3. The number of fused-ring (bicyclic) bond motifs is 1. The van der Waals surface area contributed by atoms with E-state index in [0.717, 1.165) is 39.0 Å². The normalized spacial score (nSPS) is 10.9. The van der Waals surface area contributed by atoms with Crippen LogP contribution in [0.4, 0.5) is 0 Å². The summed E-state index contributed by atoms with van der Waals surface area (Å²) in [5.41, 5.74) is 5.52. The Hall–Kier alpha value is -3.25. The van der Waals surface area contributed by atoms with Crippen molar-refractivity contribution in [2.24, 2.45) is 0 Å². The molecular formula is C25H26N2O. The number of nitrogens with zero attached hydrogens (tertiary/aromatic N) is 1. The van der Waals surface area contributed by atoms with Gasteiger partial charge in [-0.2, -0.15) is 0 Å². The van der Waals surface area contributed by atoms with Crippen molar-refractivity contribution in [1.82, 2.24) is 10.3 Å². The molecular weight excluding hydrogens is 344 g/mol. The lowest BCUT2D eigenvalue weighted by atomic mass is 10.0. The van der Waals surface area contributed by atoms with E-state index in [2.05, 4.69) is 53.8 Å². The van der Waals surface area contributed by atoms with E-state index in [-0.39, 0.29) is 0 Å². The molecule has 142 valence electrons. The molecule has 1 N–H and O–H groups in total. The number of methoxy groups -OCH3 is 1. The van der Waals surface area contributed by atoms with E-state index in [0.29, 0.717) is 0 Å². The number of ether oxygens (including phenoxy) is 1. The number of hydrogen-bond acceptors (Lipinski definition) is 3. The molecule has 0 spiro atoms. The van der Waals surface area contributed by atoms with Crippen molar-refractivity contribution < 1.29 is 4.74 Å².